The summed E-state index contributed by atoms with van der Waals surface area (Å²) in [5.74, 6) is 0. The third kappa shape index (κ3) is 2.94. The van der Waals surface area contributed by atoms with Crippen molar-refractivity contribution in [3.8, 4) is 0 Å². The van der Waals surface area contributed by atoms with Gasteiger partial charge in [0.2, 0.25) is 8.24 Å². The van der Waals surface area contributed by atoms with Crippen molar-refractivity contribution in [2.75, 3.05) is 4.98 Å². The van der Waals surface area contributed by atoms with Gasteiger partial charge in [-0.2, -0.15) is 0 Å². The Balaban J connectivity index is 2.10. The molecule has 0 saturated carbocycles. The summed E-state index contributed by atoms with van der Waals surface area (Å²) in [5, 5.41) is 3.43. The van der Waals surface area contributed by atoms with E-state index in [1.807, 2.05) is 24.3 Å². The molecule has 1 N–H and O–H groups in total. The summed E-state index contributed by atoms with van der Waals surface area (Å²) < 4.78 is 0. The molecule has 0 aliphatic rings. The molecule has 1 nitrogen and oxygen atoms in total. The van der Waals surface area contributed by atoms with Crippen LogP contribution in [0.15, 0.2) is 84.9 Å². The largest absolute Gasteiger partial charge is 0.402 e. The van der Waals surface area contributed by atoms with E-state index in [4.69, 9.17) is 11.6 Å². The van der Waals surface area contributed by atoms with Gasteiger partial charge in [0, 0.05) is 5.69 Å². The smallest absolute Gasteiger partial charge is 0.214 e. The Labute approximate surface area is 137 Å². The van der Waals surface area contributed by atoms with E-state index in [-0.39, 0.29) is 0 Å². The molecule has 110 valence electrons. The van der Waals surface area contributed by atoms with E-state index in [2.05, 4.69) is 72.2 Å². The Hall–Kier alpha value is -2.03. The summed E-state index contributed by atoms with van der Waals surface area (Å²) >= 11 is 6.36. The summed E-state index contributed by atoms with van der Waals surface area (Å²) in [5.41, 5.74) is 0.992. The van der Waals surface area contributed by atoms with Crippen molar-refractivity contribution in [1.29, 1.82) is 0 Å². The van der Waals surface area contributed by atoms with Crippen molar-refractivity contribution in [2.45, 2.75) is 6.55 Å². The fourth-order valence-corrected chi connectivity index (χ4v) is 6.05. The quantitative estimate of drug-likeness (QED) is 0.711. The molecule has 0 unspecified atom stereocenters. The molecule has 0 bridgehead atoms. The molecule has 0 fully saturated rings. The number of nitrogens with one attached hydrogen (secondary N) is 1. The average Bonchev–Trinajstić information content (AvgIpc) is 2.58. The Morgan fingerprint density at radius 2 is 1.14 bits per heavy atom. The zero-order chi connectivity index (χ0) is 15.4. The molecule has 3 rings (SSSR count). The summed E-state index contributed by atoms with van der Waals surface area (Å²) in [6, 6.07) is 29.2. The molecule has 0 saturated heterocycles. The molecule has 3 aromatic carbocycles. The number of benzene rings is 3. The Kier molecular flexibility index (Phi) is 4.32. The highest BCUT2D eigenvalue weighted by Crippen LogP contribution is 2.23. The molecule has 0 heterocycles. The first-order valence-electron chi connectivity index (χ1n) is 7.34. The zero-order valence-corrected chi connectivity index (χ0v) is 14.2. The maximum atomic E-state index is 6.36. The lowest BCUT2D eigenvalue weighted by atomic mass is 10.3. The maximum Gasteiger partial charge on any atom is 0.214 e. The Morgan fingerprint density at radius 1 is 0.682 bits per heavy atom. The van der Waals surface area contributed by atoms with Gasteiger partial charge in [-0.1, -0.05) is 84.4 Å². The lowest BCUT2D eigenvalue weighted by Gasteiger charge is -2.31. The van der Waals surface area contributed by atoms with Crippen LogP contribution >= 0.6 is 11.6 Å². The number of rotatable bonds is 4. The molecule has 3 heteroatoms. The van der Waals surface area contributed by atoms with Crippen LogP contribution in [0.1, 0.15) is 0 Å². The molecule has 0 spiro atoms. The molecule has 0 aliphatic carbocycles. The highest BCUT2D eigenvalue weighted by atomic mass is 35.5. The van der Waals surface area contributed by atoms with E-state index >= 15 is 0 Å². The van der Waals surface area contributed by atoms with Crippen molar-refractivity contribution >= 4 is 35.9 Å². The van der Waals surface area contributed by atoms with E-state index in [1.54, 1.807) is 0 Å². The van der Waals surface area contributed by atoms with Crippen LogP contribution in [0.3, 0.4) is 0 Å². The van der Waals surface area contributed by atoms with Gasteiger partial charge in [0.05, 0.1) is 5.02 Å². The molecule has 0 atom stereocenters. The minimum absolute atomic E-state index is 0.757. The molecular formula is C19H18ClNSi. The fourth-order valence-electron chi connectivity index (χ4n) is 2.69. The third-order valence-electron chi connectivity index (χ3n) is 3.96. The van der Waals surface area contributed by atoms with E-state index < -0.39 is 8.24 Å². The van der Waals surface area contributed by atoms with Gasteiger partial charge in [-0.05, 0) is 29.1 Å². The summed E-state index contributed by atoms with van der Waals surface area (Å²) in [6.07, 6.45) is 0. The van der Waals surface area contributed by atoms with E-state index in [1.165, 1.54) is 10.4 Å². The Bertz CT molecular complexity index is 704. The van der Waals surface area contributed by atoms with Crippen molar-refractivity contribution in [3.05, 3.63) is 90.0 Å². The van der Waals surface area contributed by atoms with Crippen LogP contribution in [0, 0.1) is 0 Å². The van der Waals surface area contributed by atoms with Crippen LogP contribution in [0.25, 0.3) is 0 Å². The summed E-state index contributed by atoms with van der Waals surface area (Å²) in [6.45, 7) is 2.32. The SMILES string of the molecule is C[Si](Nc1ccccc1Cl)(c1ccccc1)c1ccccc1. The van der Waals surface area contributed by atoms with Gasteiger partial charge in [0.1, 0.15) is 0 Å². The van der Waals surface area contributed by atoms with Gasteiger partial charge >= 0.3 is 0 Å². The molecule has 3 aromatic rings. The average molecular weight is 324 g/mol. The van der Waals surface area contributed by atoms with Gasteiger partial charge in [-0.25, -0.2) is 0 Å². The van der Waals surface area contributed by atoms with Crippen LogP contribution < -0.4 is 15.4 Å². The van der Waals surface area contributed by atoms with Crippen LogP contribution in [0.5, 0.6) is 0 Å². The van der Waals surface area contributed by atoms with Gasteiger partial charge in [-0.3, -0.25) is 0 Å². The van der Waals surface area contributed by atoms with Crippen molar-refractivity contribution in [3.63, 3.8) is 0 Å². The molecule has 0 amide bonds. The molecular weight excluding hydrogens is 306 g/mol. The second-order valence-corrected chi connectivity index (χ2v) is 9.52. The number of hydrogen-bond donors (Lipinski definition) is 1. The highest BCUT2D eigenvalue weighted by molar-refractivity contribution is 7.03. The number of halogens is 1. The van der Waals surface area contributed by atoms with Crippen LogP contribution in [0.4, 0.5) is 5.69 Å². The fraction of sp³-hybridized carbons (Fsp3) is 0.0526. The first kappa shape index (κ1) is 14.9. The molecule has 22 heavy (non-hydrogen) atoms. The predicted octanol–water partition coefficient (Wildman–Crippen LogP) is 4.14. The Morgan fingerprint density at radius 3 is 1.64 bits per heavy atom. The monoisotopic (exact) mass is 323 g/mol. The maximum absolute atomic E-state index is 6.36. The number of para-hydroxylation sites is 1. The van der Waals surface area contributed by atoms with E-state index in [0.717, 1.165) is 10.7 Å². The van der Waals surface area contributed by atoms with Crippen LogP contribution in [-0.4, -0.2) is 8.24 Å². The van der Waals surface area contributed by atoms with Crippen LogP contribution in [0.2, 0.25) is 11.6 Å². The number of hydrogen-bond acceptors (Lipinski definition) is 1. The first-order chi connectivity index (χ1) is 10.7. The lowest BCUT2D eigenvalue weighted by molar-refractivity contribution is 1.59. The normalized spacial score (nSPS) is 11.2. The van der Waals surface area contributed by atoms with Crippen molar-refractivity contribution in [1.82, 2.24) is 0 Å². The lowest BCUT2D eigenvalue weighted by Crippen LogP contribution is -2.62. The topological polar surface area (TPSA) is 12.0 Å². The minimum Gasteiger partial charge on any atom is -0.402 e. The van der Waals surface area contributed by atoms with E-state index in [0.29, 0.717) is 0 Å². The van der Waals surface area contributed by atoms with Crippen molar-refractivity contribution < 1.29 is 0 Å². The predicted molar refractivity (Wildman–Crippen MR) is 98.8 cm³/mol. The zero-order valence-electron chi connectivity index (χ0n) is 12.5. The molecule has 0 aliphatic heterocycles. The second-order valence-electron chi connectivity index (χ2n) is 5.46. The van der Waals surface area contributed by atoms with Gasteiger partial charge in [-0.15, -0.1) is 0 Å². The second kappa shape index (κ2) is 6.38. The van der Waals surface area contributed by atoms with E-state index in [9.17, 15) is 0 Å². The minimum atomic E-state index is -2.11. The first-order valence-corrected chi connectivity index (χ1v) is 10.2. The summed E-state index contributed by atoms with van der Waals surface area (Å²) in [4.78, 5) is 3.76. The standard InChI is InChI=1S/C19H18ClNSi/c1-22(16-10-4-2-5-11-16,17-12-6-3-7-13-17)21-19-15-9-8-14-18(19)20/h2-15,21H,1H3. The number of anilines is 1. The van der Waals surface area contributed by atoms with Gasteiger partial charge in [0.25, 0.3) is 0 Å². The third-order valence-corrected chi connectivity index (χ3v) is 8.04. The molecule has 0 radical (unpaired) electrons. The highest BCUT2D eigenvalue weighted by Gasteiger charge is 2.32. The summed E-state index contributed by atoms with van der Waals surface area (Å²) in [7, 11) is -2.11. The van der Waals surface area contributed by atoms with Gasteiger partial charge < -0.3 is 4.98 Å². The van der Waals surface area contributed by atoms with Crippen molar-refractivity contribution in [2.24, 2.45) is 0 Å². The van der Waals surface area contributed by atoms with Crippen LogP contribution in [-0.2, 0) is 0 Å². The molecule has 0 aromatic heterocycles. The van der Waals surface area contributed by atoms with Gasteiger partial charge in [0.15, 0.2) is 0 Å².